The molecule has 0 N–H and O–H groups in total. The van der Waals surface area contributed by atoms with Crippen LogP contribution in [-0.4, -0.2) is 19.3 Å². The quantitative estimate of drug-likeness (QED) is 0.314. The molecule has 4 aromatic rings. The number of benzene rings is 4. The molecule has 0 bridgehead atoms. The molecule has 0 heterocycles. The number of nitrogens with zero attached hydrogens (tertiary/aromatic N) is 1. The summed E-state index contributed by atoms with van der Waals surface area (Å²) in [7, 11) is -4.77. The van der Waals surface area contributed by atoms with E-state index in [1.807, 2.05) is 73.7 Å². The number of sulfonamides is 1. The fraction of sp³-hybridized carbons (Fsp3) is 0.200. The topological polar surface area (TPSA) is 37.4 Å². The number of fused-ring (bicyclic) bond motifs is 1. The molecule has 4 aromatic carbocycles. The van der Waals surface area contributed by atoms with Crippen molar-refractivity contribution < 1.29 is 8.42 Å². The molecule has 0 fully saturated rings. The average Bonchev–Trinajstić information content (AvgIpc) is 2.91. The maximum absolute atomic E-state index is 14.4. The van der Waals surface area contributed by atoms with Crippen molar-refractivity contribution in [3.63, 3.8) is 0 Å². The Balaban J connectivity index is 1.65. The van der Waals surface area contributed by atoms with Crippen molar-refractivity contribution in [1.29, 1.82) is 0 Å². The van der Waals surface area contributed by atoms with Gasteiger partial charge in [0.2, 0.25) is 10.0 Å². The van der Waals surface area contributed by atoms with Gasteiger partial charge in [-0.1, -0.05) is 110 Å². The molecule has 3 nitrogen and oxygen atoms in total. The van der Waals surface area contributed by atoms with Crippen LogP contribution in [0.4, 0.5) is 0 Å². The highest BCUT2D eigenvalue weighted by molar-refractivity contribution is 7.90. The van der Waals surface area contributed by atoms with Crippen LogP contribution in [0, 0.1) is 0 Å². The highest BCUT2D eigenvalue weighted by atomic mass is 32.2. The lowest BCUT2D eigenvalue weighted by Crippen LogP contribution is -2.39. The maximum atomic E-state index is 14.4. The molecule has 178 valence electrons. The van der Waals surface area contributed by atoms with Gasteiger partial charge in [0, 0.05) is 11.8 Å². The summed E-state index contributed by atoms with van der Waals surface area (Å²) in [5.41, 5.74) is 2.41. The van der Waals surface area contributed by atoms with E-state index in [1.165, 1.54) is 5.56 Å². The Kier molecular flexibility index (Phi) is 7.15. The van der Waals surface area contributed by atoms with Crippen LogP contribution in [0.5, 0.6) is 0 Å². The minimum Gasteiger partial charge on any atom is -0.207 e. The first-order valence-electron chi connectivity index (χ1n) is 12.2. The van der Waals surface area contributed by atoms with Gasteiger partial charge < -0.3 is 0 Å². The zero-order chi connectivity index (χ0) is 24.3. The summed E-state index contributed by atoms with van der Waals surface area (Å²) in [6, 6.07) is 36.3. The third-order valence-corrected chi connectivity index (χ3v) is 11.4. The smallest absolute Gasteiger partial charge is 0.207 e. The Bertz CT molecular complexity index is 1350. The Morgan fingerprint density at radius 1 is 0.771 bits per heavy atom. The predicted octanol–water partition coefficient (Wildman–Crippen LogP) is 5.53. The second-order valence-electron chi connectivity index (χ2n) is 8.79. The van der Waals surface area contributed by atoms with Crippen LogP contribution < -0.4 is 15.9 Å². The Morgan fingerprint density at radius 2 is 1.34 bits per heavy atom. The lowest BCUT2D eigenvalue weighted by Gasteiger charge is -2.35. The zero-order valence-corrected chi connectivity index (χ0v) is 21.6. The van der Waals surface area contributed by atoms with Crippen LogP contribution in [0.2, 0.25) is 0 Å². The first kappa shape index (κ1) is 23.9. The van der Waals surface area contributed by atoms with Crippen LogP contribution in [0.3, 0.4) is 0 Å². The highest BCUT2D eigenvalue weighted by Crippen LogP contribution is 2.40. The molecule has 1 atom stereocenters. The van der Waals surface area contributed by atoms with Crippen molar-refractivity contribution in [2.75, 3.05) is 6.54 Å². The Labute approximate surface area is 210 Å². The van der Waals surface area contributed by atoms with Crippen molar-refractivity contribution in [2.45, 2.75) is 37.1 Å². The number of hydrogen-bond acceptors (Lipinski definition) is 2. The molecule has 0 aliphatic heterocycles. The molecule has 35 heavy (non-hydrogen) atoms. The fourth-order valence-corrected chi connectivity index (χ4v) is 9.83. The van der Waals surface area contributed by atoms with Gasteiger partial charge in [-0.15, -0.1) is 0 Å². The molecule has 0 spiro atoms. The molecule has 0 saturated carbocycles. The van der Waals surface area contributed by atoms with Gasteiger partial charge in [0.25, 0.3) is 0 Å². The van der Waals surface area contributed by atoms with E-state index < -0.39 is 17.9 Å². The average molecular weight is 500 g/mol. The van der Waals surface area contributed by atoms with E-state index in [-0.39, 0.29) is 6.04 Å². The first-order chi connectivity index (χ1) is 17.1. The molecule has 0 saturated heterocycles. The summed E-state index contributed by atoms with van der Waals surface area (Å²) in [5, 5.41) is 3.16. The van der Waals surface area contributed by atoms with Crippen LogP contribution in [0.15, 0.2) is 114 Å². The molecule has 1 aliphatic carbocycles. The van der Waals surface area contributed by atoms with Gasteiger partial charge >= 0.3 is 0 Å². The van der Waals surface area contributed by atoms with Gasteiger partial charge in [0.15, 0.2) is 0 Å². The van der Waals surface area contributed by atoms with E-state index in [2.05, 4.69) is 36.4 Å². The van der Waals surface area contributed by atoms with Crippen molar-refractivity contribution in [3.05, 3.63) is 120 Å². The molecule has 0 amide bonds. The van der Waals surface area contributed by atoms with E-state index in [1.54, 1.807) is 10.4 Å². The Hall–Kier alpha value is -2.78. The van der Waals surface area contributed by atoms with Crippen LogP contribution in [-0.2, 0) is 16.4 Å². The van der Waals surface area contributed by atoms with Gasteiger partial charge in [-0.2, -0.15) is 4.31 Å². The number of hydrogen-bond donors (Lipinski definition) is 0. The molecule has 5 heteroatoms. The molecule has 0 radical (unpaired) electrons. The highest BCUT2D eigenvalue weighted by Gasteiger charge is 2.36. The van der Waals surface area contributed by atoms with Crippen LogP contribution in [0.1, 0.15) is 36.9 Å². The summed E-state index contributed by atoms with van der Waals surface area (Å²) in [5.74, 6) is 0. The second-order valence-corrected chi connectivity index (χ2v) is 12.8. The standard InChI is InChI=1S/C30H30NO2PS/c1-2-31(28-21-13-15-24-14-9-10-20-27(24)28)35(32,33)30-23-12-11-22-29(30)34(25-16-5-3-6-17-25)26-18-7-4-8-19-26/h3-12,14,16-20,22-23,28H,2,13,15,21H2,1H3/t28-/m1/s1. The van der Waals surface area contributed by atoms with Crippen LogP contribution in [0.25, 0.3) is 0 Å². The summed E-state index contributed by atoms with van der Waals surface area (Å²) >= 11 is 0. The van der Waals surface area contributed by atoms with E-state index in [4.69, 9.17) is 0 Å². The summed E-state index contributed by atoms with van der Waals surface area (Å²) in [4.78, 5) is 0.420. The fourth-order valence-electron chi connectivity index (χ4n) is 5.15. The van der Waals surface area contributed by atoms with E-state index in [0.717, 1.165) is 40.7 Å². The SMILES string of the molecule is CCN([C@@H]1CCCc2ccccc21)S(=O)(=O)c1ccccc1P(c1ccccc1)c1ccccc1. The third-order valence-electron chi connectivity index (χ3n) is 6.72. The van der Waals surface area contributed by atoms with Gasteiger partial charge in [-0.3, -0.25) is 0 Å². The van der Waals surface area contributed by atoms with E-state index in [9.17, 15) is 8.42 Å². The van der Waals surface area contributed by atoms with Gasteiger partial charge in [-0.25, -0.2) is 8.42 Å². The monoisotopic (exact) mass is 499 g/mol. The minimum absolute atomic E-state index is 0.136. The number of rotatable bonds is 7. The lowest BCUT2D eigenvalue weighted by molar-refractivity contribution is 0.305. The van der Waals surface area contributed by atoms with Crippen molar-refractivity contribution >= 4 is 33.9 Å². The summed E-state index contributed by atoms with van der Waals surface area (Å²) in [6.07, 6.45) is 2.85. The predicted molar refractivity (Wildman–Crippen MR) is 147 cm³/mol. The third kappa shape index (κ3) is 4.71. The summed E-state index contributed by atoms with van der Waals surface area (Å²) in [6.45, 7) is 2.39. The normalized spacial score (nSPS) is 15.8. The van der Waals surface area contributed by atoms with Gasteiger partial charge in [-0.05, 0) is 55.0 Å². The summed E-state index contributed by atoms with van der Waals surface area (Å²) < 4.78 is 30.5. The van der Waals surface area contributed by atoms with Gasteiger partial charge in [0.05, 0.1) is 10.9 Å². The second kappa shape index (κ2) is 10.5. The minimum atomic E-state index is -3.74. The Morgan fingerprint density at radius 3 is 2.00 bits per heavy atom. The zero-order valence-electron chi connectivity index (χ0n) is 19.9. The first-order valence-corrected chi connectivity index (χ1v) is 15.0. The van der Waals surface area contributed by atoms with E-state index >= 15 is 0 Å². The number of aryl methyl sites for hydroxylation is 1. The van der Waals surface area contributed by atoms with Crippen LogP contribution >= 0.6 is 7.92 Å². The molecule has 0 unspecified atom stereocenters. The van der Waals surface area contributed by atoms with Gasteiger partial charge in [0.1, 0.15) is 0 Å². The molecule has 5 rings (SSSR count). The van der Waals surface area contributed by atoms with Crippen molar-refractivity contribution in [3.8, 4) is 0 Å². The van der Waals surface area contributed by atoms with Crippen molar-refractivity contribution in [1.82, 2.24) is 4.31 Å². The molecular weight excluding hydrogens is 469 g/mol. The van der Waals surface area contributed by atoms with Crippen molar-refractivity contribution in [2.24, 2.45) is 0 Å². The molecule has 1 aliphatic rings. The maximum Gasteiger partial charge on any atom is 0.244 e. The lowest BCUT2D eigenvalue weighted by atomic mass is 9.88. The van der Waals surface area contributed by atoms with E-state index in [0.29, 0.717) is 11.4 Å². The molecule has 0 aromatic heterocycles. The molecular formula is C30H30NO2PS. The largest absolute Gasteiger partial charge is 0.244 e.